The number of hydrogen-bond donors (Lipinski definition) is 1. The molecule has 0 saturated carbocycles. The minimum atomic E-state index is -1.00. The molecule has 0 saturated heterocycles. The number of rotatable bonds is 31. The number of carbonyl (C=O) groups excluding carboxylic acids is 1. The quantitative estimate of drug-likeness (QED) is 0.0229. The zero-order valence-corrected chi connectivity index (χ0v) is 29.6. The molecule has 1 atom stereocenters. The molecule has 2 rings (SSSR count). The number of halogens is 1. The van der Waals surface area contributed by atoms with E-state index in [1.807, 2.05) is 12.1 Å². The third-order valence-electron chi connectivity index (χ3n) is 6.77. The first kappa shape index (κ1) is 42.6. The Bertz CT molecular complexity index is 1200. The van der Waals surface area contributed by atoms with Gasteiger partial charge in [0, 0.05) is 30.8 Å². The first-order chi connectivity index (χ1) is 24.6. The molecule has 1 aromatic heterocycles. The normalized spacial score (nSPS) is 12.0. The molecule has 1 heterocycles. The number of nitrogens with zero attached hydrogens (tertiary/aromatic N) is 4. The number of benzene rings is 1. The number of hydrogen-bond acceptors (Lipinski definition) is 12. The SMILES string of the molecule is COCCOCCOCCOCCOCCOCCOC(OC=O)[n+]1ccc(N(CCCCCCOc2ccc(Cl)cc2)C(N)=NC#N)cc1. The third-order valence-corrected chi connectivity index (χ3v) is 7.02. The van der Waals surface area contributed by atoms with E-state index < -0.39 is 6.41 Å². The maximum Gasteiger partial charge on any atom is 0.426 e. The van der Waals surface area contributed by atoms with E-state index in [2.05, 4.69) is 4.99 Å². The van der Waals surface area contributed by atoms with E-state index in [9.17, 15) is 4.79 Å². The van der Waals surface area contributed by atoms with Gasteiger partial charge in [0.15, 0.2) is 12.4 Å². The van der Waals surface area contributed by atoms with Crippen LogP contribution in [0.1, 0.15) is 32.1 Å². The molecular weight excluding hydrogens is 674 g/mol. The summed E-state index contributed by atoms with van der Waals surface area (Å²) < 4.78 is 50.2. The second-order valence-electron chi connectivity index (χ2n) is 10.4. The summed E-state index contributed by atoms with van der Waals surface area (Å²) >= 11 is 5.91. The number of unbranched alkanes of at least 4 members (excludes halogenated alkanes) is 3. The van der Waals surface area contributed by atoms with Crippen molar-refractivity contribution in [3.63, 3.8) is 0 Å². The van der Waals surface area contributed by atoms with E-state index in [1.165, 1.54) is 0 Å². The number of anilines is 1. The van der Waals surface area contributed by atoms with Gasteiger partial charge in [0.2, 0.25) is 12.2 Å². The summed E-state index contributed by atoms with van der Waals surface area (Å²) in [6, 6.07) is 10.8. The molecule has 1 unspecified atom stereocenters. The largest absolute Gasteiger partial charge is 0.494 e. The van der Waals surface area contributed by atoms with E-state index in [0.29, 0.717) is 90.7 Å². The van der Waals surface area contributed by atoms with Gasteiger partial charge in [0.05, 0.1) is 91.6 Å². The Hall–Kier alpha value is -3.59. The molecule has 0 bridgehead atoms. The number of carbonyl (C=O) groups is 1. The zero-order chi connectivity index (χ0) is 35.9. The zero-order valence-electron chi connectivity index (χ0n) is 28.8. The van der Waals surface area contributed by atoms with E-state index in [4.69, 9.17) is 65.2 Å². The molecule has 0 aliphatic rings. The fraction of sp³-hybridized carbons (Fsp3) is 0.588. The standard InChI is InChI=1S/C34H51ClN5O10/c1-42-16-17-43-18-19-44-20-21-45-22-23-46-24-25-47-26-27-49-34(50-29-41)39-13-10-31(11-14-39)40(33(37)38-28-36)12-4-2-3-5-15-48-32-8-6-30(35)7-9-32/h6-11,13-14,29,34H,2-5,12,15-27H2,1H3,(H2,37,38)/q+1. The molecular formula is C34H51ClN5O10+. The number of nitriles is 1. The minimum Gasteiger partial charge on any atom is -0.494 e. The molecule has 2 aromatic rings. The van der Waals surface area contributed by atoms with E-state index in [1.54, 1.807) is 59.4 Å². The molecule has 0 radical (unpaired) electrons. The van der Waals surface area contributed by atoms with Gasteiger partial charge in [-0.05, 0) is 37.1 Å². The lowest BCUT2D eigenvalue weighted by Gasteiger charge is -2.22. The lowest BCUT2D eigenvalue weighted by Crippen LogP contribution is -2.43. The number of guanidine groups is 1. The molecule has 16 heteroatoms. The minimum absolute atomic E-state index is 0.0861. The number of nitrogens with two attached hydrogens (primary N) is 1. The van der Waals surface area contributed by atoms with Gasteiger partial charge in [-0.25, -0.2) is 0 Å². The Morgan fingerprint density at radius 1 is 0.820 bits per heavy atom. The Morgan fingerprint density at radius 3 is 1.90 bits per heavy atom. The van der Waals surface area contributed by atoms with Gasteiger partial charge in [0.25, 0.3) is 6.47 Å². The van der Waals surface area contributed by atoms with Crippen LogP contribution in [0, 0.1) is 11.5 Å². The molecule has 50 heavy (non-hydrogen) atoms. The highest BCUT2D eigenvalue weighted by molar-refractivity contribution is 6.30. The molecule has 0 fully saturated rings. The van der Waals surface area contributed by atoms with Crippen molar-refractivity contribution >= 4 is 29.7 Å². The average Bonchev–Trinajstić information content (AvgIpc) is 3.13. The van der Waals surface area contributed by atoms with Crippen LogP contribution in [0.15, 0.2) is 53.8 Å². The number of methoxy groups -OCH3 is 1. The Kier molecular flexibility index (Phi) is 24.8. The smallest absolute Gasteiger partial charge is 0.426 e. The third kappa shape index (κ3) is 20.2. The molecule has 0 aliphatic heterocycles. The molecule has 278 valence electrons. The highest BCUT2D eigenvalue weighted by Crippen LogP contribution is 2.17. The summed E-state index contributed by atoms with van der Waals surface area (Å²) in [6.45, 7) is 6.71. The Morgan fingerprint density at radius 2 is 1.36 bits per heavy atom. The Labute approximate surface area is 299 Å². The predicted octanol–water partition coefficient (Wildman–Crippen LogP) is 3.24. The maximum atomic E-state index is 11.1. The van der Waals surface area contributed by atoms with Crippen LogP contribution in [0.5, 0.6) is 5.75 Å². The topological polar surface area (TPSA) is 169 Å². The number of pyridine rings is 1. The van der Waals surface area contributed by atoms with Crippen LogP contribution in [0.4, 0.5) is 5.69 Å². The molecule has 0 spiro atoms. The first-order valence-corrected chi connectivity index (χ1v) is 16.9. The van der Waals surface area contributed by atoms with Crippen LogP contribution >= 0.6 is 11.6 Å². The van der Waals surface area contributed by atoms with Gasteiger partial charge < -0.3 is 48.5 Å². The summed E-state index contributed by atoms with van der Waals surface area (Å²) in [6.07, 6.45) is 7.73. The van der Waals surface area contributed by atoms with Crippen molar-refractivity contribution in [1.82, 2.24) is 0 Å². The van der Waals surface area contributed by atoms with Gasteiger partial charge >= 0.3 is 6.41 Å². The van der Waals surface area contributed by atoms with E-state index >= 15 is 0 Å². The van der Waals surface area contributed by atoms with Crippen LogP contribution < -0.4 is 19.9 Å². The van der Waals surface area contributed by atoms with Crippen molar-refractivity contribution in [2.24, 2.45) is 10.7 Å². The molecule has 0 amide bonds. The number of ether oxygens (including phenoxy) is 9. The van der Waals surface area contributed by atoms with Crippen molar-refractivity contribution in [3.8, 4) is 11.9 Å². The van der Waals surface area contributed by atoms with Gasteiger partial charge in [-0.15, -0.1) is 9.56 Å². The highest BCUT2D eigenvalue weighted by atomic mass is 35.5. The van der Waals surface area contributed by atoms with Gasteiger partial charge in [-0.2, -0.15) is 5.26 Å². The van der Waals surface area contributed by atoms with Crippen molar-refractivity contribution in [2.45, 2.75) is 32.1 Å². The van der Waals surface area contributed by atoms with Crippen molar-refractivity contribution in [1.29, 1.82) is 5.26 Å². The van der Waals surface area contributed by atoms with Crippen molar-refractivity contribution in [3.05, 3.63) is 53.8 Å². The lowest BCUT2D eigenvalue weighted by atomic mass is 10.2. The summed E-state index contributed by atoms with van der Waals surface area (Å²) in [4.78, 5) is 16.6. The maximum absolute atomic E-state index is 11.1. The second kappa shape index (κ2) is 29.2. The predicted molar refractivity (Wildman–Crippen MR) is 185 cm³/mol. The molecule has 2 N–H and O–H groups in total. The van der Waals surface area contributed by atoms with Crippen molar-refractivity contribution in [2.75, 3.05) is 104 Å². The average molecular weight is 725 g/mol. The highest BCUT2D eigenvalue weighted by Gasteiger charge is 2.21. The number of aliphatic imine (C=N–C) groups is 1. The fourth-order valence-corrected chi connectivity index (χ4v) is 4.39. The summed E-state index contributed by atoms with van der Waals surface area (Å²) in [5.41, 5.74) is 6.82. The lowest BCUT2D eigenvalue weighted by molar-refractivity contribution is -0.799. The summed E-state index contributed by atoms with van der Waals surface area (Å²) in [5.74, 6) is 0.874. The van der Waals surface area contributed by atoms with E-state index in [0.717, 1.165) is 37.1 Å². The summed E-state index contributed by atoms with van der Waals surface area (Å²) in [5, 5.41) is 9.74. The first-order valence-electron chi connectivity index (χ1n) is 16.6. The fourth-order valence-electron chi connectivity index (χ4n) is 4.26. The van der Waals surface area contributed by atoms with Gasteiger partial charge in [-0.1, -0.05) is 24.4 Å². The molecule has 1 aromatic carbocycles. The van der Waals surface area contributed by atoms with Gasteiger partial charge in [-0.3, -0.25) is 9.53 Å². The van der Waals surface area contributed by atoms with Gasteiger partial charge in [0.1, 0.15) is 5.75 Å². The molecule has 0 aliphatic carbocycles. The van der Waals surface area contributed by atoms with E-state index in [-0.39, 0.29) is 19.2 Å². The number of aromatic nitrogens is 1. The summed E-state index contributed by atoms with van der Waals surface area (Å²) in [7, 11) is 1.63. The van der Waals surface area contributed by atoms with Crippen LogP contribution in [0.3, 0.4) is 0 Å². The van der Waals surface area contributed by atoms with Crippen LogP contribution in [-0.2, 0) is 42.7 Å². The molecule has 15 nitrogen and oxygen atoms in total. The van der Waals surface area contributed by atoms with Crippen LogP contribution in [0.2, 0.25) is 5.02 Å². The van der Waals surface area contributed by atoms with Crippen LogP contribution in [-0.4, -0.2) is 112 Å². The monoisotopic (exact) mass is 724 g/mol. The second-order valence-corrected chi connectivity index (χ2v) is 10.8. The Balaban J connectivity index is 1.61. The van der Waals surface area contributed by atoms with Crippen LogP contribution in [0.25, 0.3) is 0 Å². The van der Waals surface area contributed by atoms with Crippen molar-refractivity contribution < 1.29 is 52.0 Å².